The van der Waals surface area contributed by atoms with E-state index in [1.165, 1.54) is 31.2 Å². The van der Waals surface area contributed by atoms with Crippen LogP contribution in [0.25, 0.3) is 0 Å². The van der Waals surface area contributed by atoms with Crippen LogP contribution in [0.3, 0.4) is 0 Å². The minimum absolute atomic E-state index is 0.925. The summed E-state index contributed by atoms with van der Waals surface area (Å²) in [5.74, 6) is 0.925. The fourth-order valence-electron chi connectivity index (χ4n) is 2.27. The Labute approximate surface area is 150 Å². The van der Waals surface area contributed by atoms with Crippen LogP contribution in [0.15, 0.2) is 23.4 Å². The van der Waals surface area contributed by atoms with Gasteiger partial charge >= 0.3 is 0 Å². The monoisotopic (exact) mass is 365 g/mol. The summed E-state index contributed by atoms with van der Waals surface area (Å²) < 4.78 is 11.9. The molecule has 0 aliphatic heterocycles. The molecule has 3 nitrogen and oxygen atoms in total. The number of benzene rings is 1. The van der Waals surface area contributed by atoms with E-state index in [0.29, 0.717) is 0 Å². The van der Waals surface area contributed by atoms with Gasteiger partial charge in [0.1, 0.15) is 5.75 Å². The van der Waals surface area contributed by atoms with Gasteiger partial charge in [0, 0.05) is 5.56 Å². The Morgan fingerprint density at radius 3 is 2.25 bits per heavy atom. The summed E-state index contributed by atoms with van der Waals surface area (Å²) in [5.41, 5.74) is 2.38. The summed E-state index contributed by atoms with van der Waals surface area (Å²) in [6.45, 7) is 15.2. The van der Waals surface area contributed by atoms with Gasteiger partial charge in [-0.15, -0.1) is 5.16 Å². The predicted octanol–water partition coefficient (Wildman–Crippen LogP) is 6.21. The fourth-order valence-corrected chi connectivity index (χ4v) is 3.49. The molecule has 1 rings (SSSR count). The first-order valence-electron chi connectivity index (χ1n) is 9.14. The minimum Gasteiger partial charge on any atom is -0.544 e. The molecule has 24 heavy (non-hydrogen) atoms. The molecule has 0 heterocycles. The largest absolute Gasteiger partial charge is 0.544 e. The molecule has 0 spiro atoms. The van der Waals surface area contributed by atoms with Crippen molar-refractivity contribution in [3.05, 3.63) is 29.3 Å². The van der Waals surface area contributed by atoms with Crippen LogP contribution < -0.4 is 4.43 Å². The van der Waals surface area contributed by atoms with Gasteiger partial charge in [0.15, 0.2) is 0 Å². The second kappa shape index (κ2) is 9.42. The van der Waals surface area contributed by atoms with Crippen molar-refractivity contribution in [2.24, 2.45) is 5.16 Å². The Balaban J connectivity index is 2.90. The first-order chi connectivity index (χ1) is 11.1. The van der Waals surface area contributed by atoms with Gasteiger partial charge in [0.2, 0.25) is 8.32 Å². The summed E-state index contributed by atoms with van der Waals surface area (Å²) >= 11 is 0. The van der Waals surface area contributed by atoms with Crippen LogP contribution in [0.4, 0.5) is 0 Å². The topological polar surface area (TPSA) is 30.8 Å². The highest BCUT2D eigenvalue weighted by atomic mass is 28.4. The highest BCUT2D eigenvalue weighted by Crippen LogP contribution is 2.23. The van der Waals surface area contributed by atoms with Crippen molar-refractivity contribution in [1.82, 2.24) is 0 Å². The molecule has 5 heteroatoms. The summed E-state index contributed by atoms with van der Waals surface area (Å²) in [4.78, 5) is 0. The van der Waals surface area contributed by atoms with Crippen LogP contribution in [0, 0.1) is 0 Å². The van der Waals surface area contributed by atoms with Gasteiger partial charge in [-0.3, -0.25) is 0 Å². The zero-order valence-electron chi connectivity index (χ0n) is 16.6. The zero-order valence-corrected chi connectivity index (χ0v) is 18.6. The highest BCUT2D eigenvalue weighted by Gasteiger charge is 2.19. The molecule has 0 fully saturated rings. The maximum atomic E-state index is 6.22. The lowest BCUT2D eigenvalue weighted by Crippen LogP contribution is -2.29. The molecular weight excluding hydrogens is 330 g/mol. The molecule has 0 amide bonds. The lowest BCUT2D eigenvalue weighted by Gasteiger charge is -2.21. The van der Waals surface area contributed by atoms with Crippen molar-refractivity contribution in [2.45, 2.75) is 78.3 Å². The lowest BCUT2D eigenvalue weighted by atomic mass is 10.0. The molecule has 0 atom stereocenters. The second-order valence-electron chi connectivity index (χ2n) is 8.34. The Kier molecular flexibility index (Phi) is 8.23. The molecule has 0 unspecified atom stereocenters. The van der Waals surface area contributed by atoms with Crippen molar-refractivity contribution in [3.63, 3.8) is 0 Å². The van der Waals surface area contributed by atoms with Crippen LogP contribution in [0.5, 0.6) is 5.75 Å². The third kappa shape index (κ3) is 9.28. The van der Waals surface area contributed by atoms with Gasteiger partial charge in [-0.25, -0.2) is 0 Å². The van der Waals surface area contributed by atoms with Crippen molar-refractivity contribution < 1.29 is 8.95 Å². The van der Waals surface area contributed by atoms with Crippen LogP contribution in [0.2, 0.25) is 39.3 Å². The number of oxime groups is 1. The fraction of sp³-hybridized carbons (Fsp3) is 0.632. The van der Waals surface area contributed by atoms with Gasteiger partial charge < -0.3 is 8.95 Å². The molecule has 0 bridgehead atoms. The quantitative estimate of drug-likeness (QED) is 0.214. The molecule has 1 aromatic carbocycles. The van der Waals surface area contributed by atoms with Gasteiger partial charge in [0.05, 0.1) is 6.21 Å². The van der Waals surface area contributed by atoms with Crippen LogP contribution in [-0.4, -0.2) is 22.8 Å². The molecule has 0 N–H and O–H groups in total. The normalized spacial score (nSPS) is 12.6. The number of nitrogens with zero attached hydrogens (tertiary/aromatic N) is 1. The van der Waals surface area contributed by atoms with Crippen LogP contribution >= 0.6 is 0 Å². The van der Waals surface area contributed by atoms with E-state index >= 15 is 0 Å². The first kappa shape index (κ1) is 21.0. The van der Waals surface area contributed by atoms with E-state index in [4.69, 9.17) is 8.95 Å². The van der Waals surface area contributed by atoms with Crippen molar-refractivity contribution in [2.75, 3.05) is 0 Å². The van der Waals surface area contributed by atoms with Crippen molar-refractivity contribution in [1.29, 1.82) is 0 Å². The zero-order chi connectivity index (χ0) is 18.2. The van der Waals surface area contributed by atoms with E-state index < -0.39 is 16.6 Å². The maximum Gasteiger partial charge on any atom is 0.278 e. The predicted molar refractivity (Wildman–Crippen MR) is 110 cm³/mol. The van der Waals surface area contributed by atoms with Crippen LogP contribution in [-0.2, 0) is 10.9 Å². The third-order valence-corrected chi connectivity index (χ3v) is 4.81. The van der Waals surface area contributed by atoms with E-state index in [1.807, 2.05) is 6.21 Å². The Bertz CT molecular complexity index is 531. The Morgan fingerprint density at radius 2 is 1.67 bits per heavy atom. The van der Waals surface area contributed by atoms with E-state index in [1.54, 1.807) is 0 Å². The van der Waals surface area contributed by atoms with E-state index in [2.05, 4.69) is 69.6 Å². The smallest absolute Gasteiger partial charge is 0.278 e. The highest BCUT2D eigenvalue weighted by molar-refractivity contribution is 6.70. The maximum absolute atomic E-state index is 6.22. The number of rotatable bonds is 10. The molecule has 0 radical (unpaired) electrons. The molecular formula is C19H35NO2Si2. The van der Waals surface area contributed by atoms with Gasteiger partial charge in [-0.05, 0) is 69.8 Å². The third-order valence-electron chi connectivity index (χ3n) is 3.33. The molecule has 136 valence electrons. The van der Waals surface area contributed by atoms with Crippen molar-refractivity contribution in [3.8, 4) is 5.75 Å². The molecule has 0 aromatic heterocycles. The summed E-state index contributed by atoms with van der Waals surface area (Å²) in [6, 6.07) is 6.50. The number of hydrogen-bond donors (Lipinski definition) is 0. The van der Waals surface area contributed by atoms with Gasteiger partial charge in [-0.2, -0.15) is 0 Å². The summed E-state index contributed by atoms with van der Waals surface area (Å²) in [5, 5.41) is 4.23. The number of unbranched alkanes of at least 4 members (excludes halogenated alkanes) is 3. The standard InChI is InChI=1S/C19H35NO2Si2/c1-8-9-10-11-12-17-13-14-19(21-23(2,3)4)18(15-17)16-20-22-24(5,6)7/h13-16H,8-12H2,1-7H3. The van der Waals surface area contributed by atoms with Gasteiger partial charge in [0.25, 0.3) is 8.32 Å². The summed E-state index contributed by atoms with van der Waals surface area (Å²) in [6.07, 6.45) is 8.06. The van der Waals surface area contributed by atoms with E-state index in [9.17, 15) is 0 Å². The Hall–Kier alpha value is -1.08. The molecule has 0 saturated carbocycles. The van der Waals surface area contributed by atoms with Crippen LogP contribution in [0.1, 0.15) is 43.7 Å². The van der Waals surface area contributed by atoms with Gasteiger partial charge in [-0.1, -0.05) is 32.3 Å². The number of hydrogen-bond acceptors (Lipinski definition) is 3. The number of aryl methyl sites for hydroxylation is 1. The lowest BCUT2D eigenvalue weighted by molar-refractivity contribution is 0.338. The Morgan fingerprint density at radius 1 is 0.958 bits per heavy atom. The average molecular weight is 366 g/mol. The van der Waals surface area contributed by atoms with Crippen molar-refractivity contribution >= 4 is 22.8 Å². The minimum atomic E-state index is -1.65. The molecule has 0 aliphatic carbocycles. The van der Waals surface area contributed by atoms with E-state index in [-0.39, 0.29) is 0 Å². The SMILES string of the molecule is CCCCCCc1ccc(O[Si](C)(C)C)c(C=NO[Si](C)(C)C)c1. The molecule has 1 aromatic rings. The molecule has 0 saturated heterocycles. The molecule has 0 aliphatic rings. The second-order valence-corrected chi connectivity index (χ2v) is 17.2. The summed E-state index contributed by atoms with van der Waals surface area (Å²) in [7, 11) is -3.30. The first-order valence-corrected chi connectivity index (χ1v) is 16.0. The average Bonchev–Trinajstić information content (AvgIpc) is 2.43. The van der Waals surface area contributed by atoms with E-state index in [0.717, 1.165) is 17.7 Å².